The maximum atomic E-state index is 13.3. The first kappa shape index (κ1) is 28.4. The van der Waals surface area contributed by atoms with Crippen LogP contribution in [0.5, 0.6) is 0 Å². The van der Waals surface area contributed by atoms with E-state index in [1.54, 1.807) is 11.6 Å². The number of ether oxygens (including phenoxy) is 1. The Hall–Kier alpha value is -4.38. The molecule has 0 saturated heterocycles. The van der Waals surface area contributed by atoms with E-state index in [0.717, 1.165) is 86.9 Å². The molecule has 0 fully saturated rings. The highest BCUT2D eigenvalue weighted by atomic mass is 16.5. The van der Waals surface area contributed by atoms with Crippen molar-refractivity contribution in [2.45, 2.75) is 72.3 Å². The first-order chi connectivity index (χ1) is 21.4. The van der Waals surface area contributed by atoms with Crippen LogP contribution in [0.2, 0.25) is 0 Å². The average molecular weight is 597 g/mol. The fourth-order valence-corrected chi connectivity index (χ4v) is 6.99. The van der Waals surface area contributed by atoms with Crippen LogP contribution in [0.3, 0.4) is 0 Å². The lowest BCUT2D eigenvalue weighted by Crippen LogP contribution is -2.35. The largest absolute Gasteiger partial charge is 0.461 e. The quantitative estimate of drug-likeness (QED) is 0.320. The number of carbonyl (C=O) groups is 1. The first-order valence-electron chi connectivity index (χ1n) is 15.7. The van der Waals surface area contributed by atoms with E-state index in [2.05, 4.69) is 32.7 Å². The molecule has 1 N–H and O–H groups in total. The third-order valence-corrected chi connectivity index (χ3v) is 9.27. The molecule has 0 bridgehead atoms. The number of aromatic nitrogens is 5. The fraction of sp³-hybridized carbons (Fsp3) is 0.455. The highest BCUT2D eigenvalue weighted by Gasteiger charge is 2.27. The number of carbonyl (C=O) groups excluding carboxylic acids is 1. The number of pyridine rings is 2. The molecule has 0 unspecified atom stereocenters. The molecule has 2 aliphatic heterocycles. The van der Waals surface area contributed by atoms with Crippen LogP contribution in [0.25, 0.3) is 11.1 Å². The lowest BCUT2D eigenvalue weighted by molar-refractivity contribution is -0.142. The van der Waals surface area contributed by atoms with Gasteiger partial charge in [0.15, 0.2) is 5.82 Å². The molecule has 0 amide bonds. The highest BCUT2D eigenvalue weighted by molar-refractivity contribution is 5.76. The van der Waals surface area contributed by atoms with Crippen molar-refractivity contribution < 1.29 is 9.53 Å². The maximum absolute atomic E-state index is 13.3. The van der Waals surface area contributed by atoms with Gasteiger partial charge in [0, 0.05) is 81.1 Å². The van der Waals surface area contributed by atoms with Gasteiger partial charge in [-0.3, -0.25) is 19.2 Å². The predicted molar refractivity (Wildman–Crippen MR) is 169 cm³/mol. The van der Waals surface area contributed by atoms with Gasteiger partial charge in [-0.25, -0.2) is 4.98 Å². The SMILES string of the molecule is CCN1CCn2nc(Nc3cc(-c4ccnc(N5CCn6c(cc7c6CCCC7)C5)c4COC(C)=O)cn(C)c3=O)cc2C1. The average Bonchev–Trinajstić information content (AvgIpc) is 3.61. The minimum atomic E-state index is -0.348. The van der Waals surface area contributed by atoms with Crippen molar-refractivity contribution in [3.63, 3.8) is 0 Å². The molecule has 1 aliphatic carbocycles. The zero-order valence-electron chi connectivity index (χ0n) is 25.8. The third-order valence-electron chi connectivity index (χ3n) is 9.27. The smallest absolute Gasteiger partial charge is 0.302 e. The van der Waals surface area contributed by atoms with E-state index in [1.165, 1.54) is 36.7 Å². The van der Waals surface area contributed by atoms with Crippen LogP contribution in [0.4, 0.5) is 17.3 Å². The Balaban J connectivity index is 1.23. The van der Waals surface area contributed by atoms with Crippen molar-refractivity contribution in [3.8, 4) is 11.1 Å². The van der Waals surface area contributed by atoms with Gasteiger partial charge in [-0.2, -0.15) is 5.10 Å². The number of anilines is 3. The number of fused-ring (bicyclic) bond motifs is 4. The second kappa shape index (κ2) is 11.6. The van der Waals surface area contributed by atoms with E-state index >= 15 is 0 Å². The summed E-state index contributed by atoms with van der Waals surface area (Å²) in [4.78, 5) is 34.8. The molecule has 11 nitrogen and oxygen atoms in total. The van der Waals surface area contributed by atoms with E-state index in [-0.39, 0.29) is 18.1 Å². The number of hydrogen-bond donors (Lipinski definition) is 1. The number of nitrogens with one attached hydrogen (secondary N) is 1. The van der Waals surface area contributed by atoms with Crippen LogP contribution >= 0.6 is 0 Å². The number of likely N-dealkylation sites (N-methyl/N-ethyl adjacent to an activating group) is 1. The van der Waals surface area contributed by atoms with E-state index in [4.69, 9.17) is 14.8 Å². The van der Waals surface area contributed by atoms with Crippen molar-refractivity contribution >= 4 is 23.3 Å². The number of hydrogen-bond acceptors (Lipinski definition) is 8. The van der Waals surface area contributed by atoms with Crippen LogP contribution in [0.15, 0.2) is 41.5 Å². The van der Waals surface area contributed by atoms with Gasteiger partial charge in [0.25, 0.3) is 5.56 Å². The second-order valence-electron chi connectivity index (χ2n) is 12.1. The Bertz CT molecular complexity index is 1780. The summed E-state index contributed by atoms with van der Waals surface area (Å²) < 4.78 is 11.7. The predicted octanol–water partition coefficient (Wildman–Crippen LogP) is 3.99. The summed E-state index contributed by atoms with van der Waals surface area (Å²) in [7, 11) is 1.75. The van der Waals surface area contributed by atoms with Gasteiger partial charge in [-0.05, 0) is 61.6 Å². The topological polar surface area (TPSA) is 102 Å². The molecule has 0 radical (unpaired) electrons. The number of nitrogens with zero attached hydrogens (tertiary/aromatic N) is 7. The summed E-state index contributed by atoms with van der Waals surface area (Å²) in [5, 5.41) is 8.02. The van der Waals surface area contributed by atoms with E-state index in [9.17, 15) is 9.59 Å². The number of esters is 1. The van der Waals surface area contributed by atoms with Crippen molar-refractivity contribution in [2.75, 3.05) is 29.9 Å². The van der Waals surface area contributed by atoms with Crippen LogP contribution < -0.4 is 15.8 Å². The molecular weight excluding hydrogens is 556 g/mol. The molecule has 4 aromatic heterocycles. The van der Waals surface area contributed by atoms with Gasteiger partial charge in [0.05, 0.1) is 18.8 Å². The van der Waals surface area contributed by atoms with Crippen molar-refractivity contribution in [1.82, 2.24) is 28.8 Å². The molecular formula is C33H40N8O3. The second-order valence-corrected chi connectivity index (χ2v) is 12.1. The first-order valence-corrected chi connectivity index (χ1v) is 15.7. The summed E-state index contributed by atoms with van der Waals surface area (Å²) in [6.45, 7) is 9.77. The zero-order valence-corrected chi connectivity index (χ0v) is 25.8. The molecule has 7 rings (SSSR count). The van der Waals surface area contributed by atoms with Gasteiger partial charge in [0.2, 0.25) is 0 Å². The summed E-state index contributed by atoms with van der Waals surface area (Å²) in [5.41, 5.74) is 8.25. The summed E-state index contributed by atoms with van der Waals surface area (Å²) >= 11 is 0. The molecule has 0 aromatic carbocycles. The fourth-order valence-electron chi connectivity index (χ4n) is 6.99. The molecule has 0 saturated carbocycles. The Morgan fingerprint density at radius 1 is 1.05 bits per heavy atom. The monoisotopic (exact) mass is 596 g/mol. The third kappa shape index (κ3) is 5.29. The van der Waals surface area contributed by atoms with Gasteiger partial charge >= 0.3 is 5.97 Å². The number of aryl methyl sites for hydroxylation is 2. The molecule has 6 heterocycles. The standard InChI is InChI=1S/C33H40N8O3/c1-4-38-11-14-41-26(19-38)17-31(36-41)35-29-16-24(18-37(3)33(29)43)27-9-10-34-32(28(27)21-44-22(2)42)39-12-13-40-25(20-39)15-23-7-5-6-8-30(23)40/h9-10,15-18H,4-8,11-14,19-21H2,1-3H3,(H,35,36). The van der Waals surface area contributed by atoms with Gasteiger partial charge < -0.3 is 24.1 Å². The Kier molecular flexibility index (Phi) is 7.49. The van der Waals surface area contributed by atoms with E-state index in [0.29, 0.717) is 11.5 Å². The summed E-state index contributed by atoms with van der Waals surface area (Å²) in [5.74, 6) is 1.11. The van der Waals surface area contributed by atoms with E-state index in [1.807, 2.05) is 35.3 Å². The number of rotatable bonds is 7. The minimum absolute atomic E-state index is 0.0924. The molecule has 11 heteroatoms. The molecule has 0 atom stereocenters. The van der Waals surface area contributed by atoms with Crippen molar-refractivity contribution in [2.24, 2.45) is 7.05 Å². The van der Waals surface area contributed by atoms with Crippen LogP contribution in [-0.2, 0) is 62.2 Å². The van der Waals surface area contributed by atoms with Crippen LogP contribution in [0.1, 0.15) is 54.9 Å². The molecule has 0 spiro atoms. The zero-order chi connectivity index (χ0) is 30.4. The summed E-state index contributed by atoms with van der Waals surface area (Å²) in [6, 6.07) is 8.19. The van der Waals surface area contributed by atoms with Gasteiger partial charge in [-0.15, -0.1) is 0 Å². The molecule has 4 aromatic rings. The van der Waals surface area contributed by atoms with Crippen molar-refractivity contribution in [3.05, 3.63) is 75.2 Å². The lowest BCUT2D eigenvalue weighted by atomic mass is 9.98. The lowest BCUT2D eigenvalue weighted by Gasteiger charge is -2.32. The highest BCUT2D eigenvalue weighted by Crippen LogP contribution is 2.35. The van der Waals surface area contributed by atoms with Gasteiger partial charge in [-0.1, -0.05) is 6.92 Å². The Morgan fingerprint density at radius 3 is 2.75 bits per heavy atom. The maximum Gasteiger partial charge on any atom is 0.302 e. The molecule has 230 valence electrons. The van der Waals surface area contributed by atoms with E-state index < -0.39 is 0 Å². The Morgan fingerprint density at radius 2 is 1.91 bits per heavy atom. The van der Waals surface area contributed by atoms with Gasteiger partial charge in [0.1, 0.15) is 18.1 Å². The minimum Gasteiger partial charge on any atom is -0.461 e. The molecule has 3 aliphatic rings. The Labute approximate surface area is 257 Å². The van der Waals surface area contributed by atoms with Crippen molar-refractivity contribution in [1.29, 1.82) is 0 Å². The van der Waals surface area contributed by atoms with Crippen LogP contribution in [-0.4, -0.2) is 54.4 Å². The normalized spacial score (nSPS) is 16.3. The molecule has 44 heavy (non-hydrogen) atoms. The summed E-state index contributed by atoms with van der Waals surface area (Å²) in [6.07, 6.45) is 8.46. The van der Waals surface area contributed by atoms with Crippen LogP contribution in [0, 0.1) is 0 Å².